The summed E-state index contributed by atoms with van der Waals surface area (Å²) in [5, 5.41) is 11.1. The summed E-state index contributed by atoms with van der Waals surface area (Å²) in [7, 11) is -1.50. The summed E-state index contributed by atoms with van der Waals surface area (Å²) in [4.78, 5) is 0. The predicted octanol–water partition coefficient (Wildman–Crippen LogP) is 2.37. The van der Waals surface area contributed by atoms with E-state index in [1.54, 1.807) is 0 Å². The summed E-state index contributed by atoms with van der Waals surface area (Å²) in [6, 6.07) is 10.6. The molecule has 2 heteroatoms. The highest BCUT2D eigenvalue weighted by molar-refractivity contribution is 6.91. The van der Waals surface area contributed by atoms with Gasteiger partial charge in [0.15, 0.2) is 0 Å². The third kappa shape index (κ3) is 2.25. The van der Waals surface area contributed by atoms with Gasteiger partial charge >= 0.3 is 0 Å². The molecule has 0 unspecified atom stereocenters. The number of rotatable bonds is 3. The molecule has 0 saturated heterocycles. The van der Waals surface area contributed by atoms with Gasteiger partial charge < -0.3 is 5.11 Å². The molecular formula is C12H20OSi. The maximum absolute atomic E-state index is 9.65. The summed E-state index contributed by atoms with van der Waals surface area (Å²) in [5.41, 5.74) is 0.393. The highest BCUT2D eigenvalue weighted by Gasteiger charge is 2.32. The van der Waals surface area contributed by atoms with E-state index in [1.165, 1.54) is 5.19 Å². The van der Waals surface area contributed by atoms with E-state index in [2.05, 4.69) is 44.3 Å². The molecule has 1 aromatic rings. The van der Waals surface area contributed by atoms with Crippen LogP contribution < -0.4 is 5.19 Å². The van der Waals surface area contributed by atoms with Gasteiger partial charge in [-0.05, 0) is 12.5 Å². The van der Waals surface area contributed by atoms with Gasteiger partial charge in [-0.1, -0.05) is 55.5 Å². The van der Waals surface area contributed by atoms with Gasteiger partial charge in [-0.2, -0.15) is 0 Å². The number of aliphatic hydroxyl groups excluding tert-OH is 1. The lowest BCUT2D eigenvalue weighted by Gasteiger charge is -2.32. The van der Waals surface area contributed by atoms with E-state index in [0.717, 1.165) is 0 Å². The molecule has 0 aliphatic carbocycles. The molecule has 1 nitrogen and oxygen atoms in total. The van der Waals surface area contributed by atoms with Crippen molar-refractivity contribution in [1.29, 1.82) is 0 Å². The van der Waals surface area contributed by atoms with E-state index in [9.17, 15) is 5.11 Å². The Morgan fingerprint density at radius 3 is 2.00 bits per heavy atom. The number of aliphatic hydroxyl groups is 1. The van der Waals surface area contributed by atoms with Crippen molar-refractivity contribution in [2.45, 2.75) is 38.6 Å². The van der Waals surface area contributed by atoms with Crippen LogP contribution in [0.3, 0.4) is 0 Å². The molecular weight excluding hydrogens is 188 g/mol. The second kappa shape index (κ2) is 4.28. The van der Waals surface area contributed by atoms with Crippen LogP contribution in [-0.2, 0) is 0 Å². The summed E-state index contributed by atoms with van der Waals surface area (Å²) >= 11 is 0. The highest BCUT2D eigenvalue weighted by Crippen LogP contribution is 2.24. The molecule has 0 bridgehead atoms. The first-order valence-corrected chi connectivity index (χ1v) is 8.27. The molecule has 0 saturated carbocycles. The van der Waals surface area contributed by atoms with Crippen molar-refractivity contribution in [1.82, 2.24) is 0 Å². The second-order valence-corrected chi connectivity index (χ2v) is 9.55. The molecule has 14 heavy (non-hydrogen) atoms. The SMILES string of the molecule is C[C@H](O)[C@H](C)[Si](C)(C)c1ccccc1. The molecule has 0 aliphatic heterocycles. The fourth-order valence-electron chi connectivity index (χ4n) is 1.73. The van der Waals surface area contributed by atoms with Crippen molar-refractivity contribution >= 4 is 13.3 Å². The maximum atomic E-state index is 9.65. The number of hydrogen-bond acceptors (Lipinski definition) is 1. The van der Waals surface area contributed by atoms with Crippen molar-refractivity contribution in [2.24, 2.45) is 0 Å². The maximum Gasteiger partial charge on any atom is 0.0859 e. The van der Waals surface area contributed by atoms with Crippen LogP contribution in [0.15, 0.2) is 30.3 Å². The Kier molecular flexibility index (Phi) is 3.51. The van der Waals surface area contributed by atoms with Crippen LogP contribution in [0.2, 0.25) is 18.6 Å². The molecule has 0 aliphatic rings. The van der Waals surface area contributed by atoms with Gasteiger partial charge in [0.25, 0.3) is 0 Å². The fraction of sp³-hybridized carbons (Fsp3) is 0.500. The molecule has 1 aromatic carbocycles. The highest BCUT2D eigenvalue weighted by atomic mass is 28.3. The number of hydrogen-bond donors (Lipinski definition) is 1. The van der Waals surface area contributed by atoms with Gasteiger partial charge in [0.2, 0.25) is 0 Å². The molecule has 0 radical (unpaired) electrons. The van der Waals surface area contributed by atoms with Crippen LogP contribution in [0, 0.1) is 0 Å². The first-order valence-electron chi connectivity index (χ1n) is 5.20. The van der Waals surface area contributed by atoms with Gasteiger partial charge in [-0.3, -0.25) is 0 Å². The van der Waals surface area contributed by atoms with Crippen LogP contribution in [0.4, 0.5) is 0 Å². The van der Waals surface area contributed by atoms with Gasteiger partial charge in [0.1, 0.15) is 0 Å². The van der Waals surface area contributed by atoms with Gasteiger partial charge in [0.05, 0.1) is 14.2 Å². The Hall–Kier alpha value is -0.603. The summed E-state index contributed by atoms with van der Waals surface area (Å²) in [5.74, 6) is 0. The molecule has 1 N–H and O–H groups in total. The van der Waals surface area contributed by atoms with Gasteiger partial charge in [0, 0.05) is 0 Å². The summed E-state index contributed by atoms with van der Waals surface area (Å²) < 4.78 is 0. The molecule has 0 aromatic heterocycles. The lowest BCUT2D eigenvalue weighted by molar-refractivity contribution is 0.188. The average Bonchev–Trinajstić information content (AvgIpc) is 2.18. The molecule has 0 spiro atoms. The van der Waals surface area contributed by atoms with E-state index in [1.807, 2.05) is 13.0 Å². The lowest BCUT2D eigenvalue weighted by Crippen LogP contribution is -2.48. The van der Waals surface area contributed by atoms with Crippen LogP contribution in [0.25, 0.3) is 0 Å². The molecule has 0 amide bonds. The smallest absolute Gasteiger partial charge is 0.0859 e. The molecule has 0 fully saturated rings. The van der Waals surface area contributed by atoms with Crippen LogP contribution in [0.1, 0.15) is 13.8 Å². The standard InChI is InChI=1S/C12H20OSi/c1-10(13)11(2)14(3,4)12-8-6-5-7-9-12/h5-11,13H,1-4H3/t10-,11-/m0/s1. The Bertz CT molecular complexity index is 280. The topological polar surface area (TPSA) is 20.2 Å². The molecule has 78 valence electrons. The van der Waals surface area contributed by atoms with Gasteiger partial charge in [-0.15, -0.1) is 0 Å². The van der Waals surface area contributed by atoms with Crippen molar-refractivity contribution in [3.8, 4) is 0 Å². The third-order valence-corrected chi connectivity index (χ3v) is 7.96. The monoisotopic (exact) mass is 208 g/mol. The van der Waals surface area contributed by atoms with E-state index < -0.39 is 8.07 Å². The zero-order valence-electron chi connectivity index (χ0n) is 9.49. The fourth-order valence-corrected chi connectivity index (χ4v) is 4.52. The molecule has 0 heterocycles. The quantitative estimate of drug-likeness (QED) is 0.756. The van der Waals surface area contributed by atoms with Crippen LogP contribution >= 0.6 is 0 Å². The normalized spacial score (nSPS) is 16.4. The van der Waals surface area contributed by atoms with Crippen LogP contribution in [-0.4, -0.2) is 19.3 Å². The van der Waals surface area contributed by atoms with E-state index in [4.69, 9.17) is 0 Å². The third-order valence-electron chi connectivity index (χ3n) is 3.38. The minimum absolute atomic E-state index is 0.211. The predicted molar refractivity (Wildman–Crippen MR) is 64.7 cm³/mol. The van der Waals surface area contributed by atoms with Gasteiger partial charge in [-0.25, -0.2) is 0 Å². The lowest BCUT2D eigenvalue weighted by atomic mass is 10.3. The number of benzene rings is 1. The summed E-state index contributed by atoms with van der Waals surface area (Å²) in [6.07, 6.45) is -0.211. The van der Waals surface area contributed by atoms with Crippen LogP contribution in [0.5, 0.6) is 0 Å². The Morgan fingerprint density at radius 2 is 1.57 bits per heavy atom. The Labute approximate surface area is 87.8 Å². The zero-order chi connectivity index (χ0) is 10.8. The zero-order valence-corrected chi connectivity index (χ0v) is 10.5. The Balaban J connectivity index is 2.96. The van der Waals surface area contributed by atoms with Crippen molar-refractivity contribution in [3.63, 3.8) is 0 Å². The first kappa shape index (κ1) is 11.5. The van der Waals surface area contributed by atoms with E-state index in [-0.39, 0.29) is 6.10 Å². The minimum atomic E-state index is -1.50. The molecule has 2 atom stereocenters. The van der Waals surface area contributed by atoms with E-state index >= 15 is 0 Å². The van der Waals surface area contributed by atoms with Crippen molar-refractivity contribution in [3.05, 3.63) is 30.3 Å². The minimum Gasteiger partial charge on any atom is -0.393 e. The second-order valence-electron chi connectivity index (χ2n) is 4.62. The summed E-state index contributed by atoms with van der Waals surface area (Å²) in [6.45, 7) is 8.69. The first-order chi connectivity index (χ1) is 6.46. The largest absolute Gasteiger partial charge is 0.393 e. The Morgan fingerprint density at radius 1 is 1.07 bits per heavy atom. The van der Waals surface area contributed by atoms with Crippen molar-refractivity contribution in [2.75, 3.05) is 0 Å². The van der Waals surface area contributed by atoms with Crippen molar-refractivity contribution < 1.29 is 5.11 Å². The average molecular weight is 208 g/mol. The van der Waals surface area contributed by atoms with E-state index in [0.29, 0.717) is 5.54 Å². The molecule has 1 rings (SSSR count).